The maximum Gasteiger partial charge on any atom is 0.141 e. The molecule has 104 valence electrons. The van der Waals surface area contributed by atoms with Crippen molar-refractivity contribution in [3.05, 3.63) is 59.2 Å². The van der Waals surface area contributed by atoms with Crippen LogP contribution in [-0.2, 0) is 13.0 Å². The van der Waals surface area contributed by atoms with Crippen LogP contribution in [0.1, 0.15) is 29.2 Å². The van der Waals surface area contributed by atoms with Crippen molar-refractivity contribution in [1.82, 2.24) is 10.3 Å². The normalized spacial score (nSPS) is 17.0. The summed E-state index contributed by atoms with van der Waals surface area (Å²) in [4.78, 5) is 3.83. The van der Waals surface area contributed by atoms with E-state index in [4.69, 9.17) is 4.74 Å². The van der Waals surface area contributed by atoms with E-state index in [0.29, 0.717) is 12.6 Å². The molecule has 0 aliphatic heterocycles. The van der Waals surface area contributed by atoms with Crippen molar-refractivity contribution >= 4 is 0 Å². The molecule has 20 heavy (non-hydrogen) atoms. The van der Waals surface area contributed by atoms with E-state index in [0.717, 1.165) is 24.2 Å². The number of ether oxygens (including phenoxy) is 1. The zero-order valence-corrected chi connectivity index (χ0v) is 11.4. The molecule has 1 atom stereocenters. The summed E-state index contributed by atoms with van der Waals surface area (Å²) in [6, 6.07) is 7.98. The summed E-state index contributed by atoms with van der Waals surface area (Å²) in [6.07, 6.45) is 4.93. The second kappa shape index (κ2) is 5.59. The summed E-state index contributed by atoms with van der Waals surface area (Å²) in [5.74, 6) is 0.559. The van der Waals surface area contributed by atoms with Crippen molar-refractivity contribution < 1.29 is 9.13 Å². The molecule has 0 saturated heterocycles. The average Bonchev–Trinajstić information content (AvgIpc) is 2.89. The Balaban J connectivity index is 1.77. The number of nitrogens with one attached hydrogen (secondary N) is 1. The second-order valence-electron chi connectivity index (χ2n) is 5.00. The predicted octanol–water partition coefficient (Wildman–Crippen LogP) is 3.01. The molecule has 1 aromatic heterocycles. The topological polar surface area (TPSA) is 34.1 Å². The Morgan fingerprint density at radius 2 is 2.30 bits per heavy atom. The molecular formula is C16H17FN2O. The fourth-order valence-corrected chi connectivity index (χ4v) is 2.75. The first kappa shape index (κ1) is 13.1. The van der Waals surface area contributed by atoms with E-state index in [9.17, 15) is 4.39 Å². The molecule has 2 aromatic rings. The zero-order chi connectivity index (χ0) is 13.9. The summed E-state index contributed by atoms with van der Waals surface area (Å²) < 4.78 is 18.9. The summed E-state index contributed by atoms with van der Waals surface area (Å²) >= 11 is 0. The molecule has 0 radical (unpaired) electrons. The van der Waals surface area contributed by atoms with Crippen LogP contribution < -0.4 is 10.1 Å². The molecule has 0 bridgehead atoms. The van der Waals surface area contributed by atoms with Gasteiger partial charge in [0.2, 0.25) is 0 Å². The van der Waals surface area contributed by atoms with Crippen LogP contribution in [0.3, 0.4) is 0 Å². The van der Waals surface area contributed by atoms with Crippen molar-refractivity contribution in [2.24, 2.45) is 0 Å². The van der Waals surface area contributed by atoms with Gasteiger partial charge in [0.15, 0.2) is 0 Å². The molecule has 4 heteroatoms. The Bertz CT molecular complexity index is 615. The molecule has 0 fully saturated rings. The highest BCUT2D eigenvalue weighted by atomic mass is 19.1. The molecule has 0 amide bonds. The SMILES string of the molecule is CNC1CCc2c(OCc3cncc(F)c3)cccc21. The first-order valence-electron chi connectivity index (χ1n) is 6.79. The Morgan fingerprint density at radius 1 is 1.40 bits per heavy atom. The Hall–Kier alpha value is -1.94. The third kappa shape index (κ3) is 2.51. The minimum Gasteiger partial charge on any atom is -0.489 e. The van der Waals surface area contributed by atoms with Gasteiger partial charge in [0, 0.05) is 17.8 Å². The minimum atomic E-state index is -0.334. The number of nitrogens with zero attached hydrogens (tertiary/aromatic N) is 1. The Morgan fingerprint density at radius 3 is 3.10 bits per heavy atom. The highest BCUT2D eigenvalue weighted by Gasteiger charge is 2.23. The molecule has 0 spiro atoms. The molecule has 1 aliphatic rings. The smallest absolute Gasteiger partial charge is 0.141 e. The largest absolute Gasteiger partial charge is 0.489 e. The number of aromatic nitrogens is 1. The molecule has 3 rings (SSSR count). The van der Waals surface area contributed by atoms with Crippen LogP contribution in [0.15, 0.2) is 36.7 Å². The summed E-state index contributed by atoms with van der Waals surface area (Å²) in [7, 11) is 1.98. The lowest BCUT2D eigenvalue weighted by Gasteiger charge is -2.13. The first-order chi connectivity index (χ1) is 9.78. The number of benzene rings is 1. The zero-order valence-electron chi connectivity index (χ0n) is 11.4. The molecule has 1 aromatic carbocycles. The molecule has 3 nitrogen and oxygen atoms in total. The summed E-state index contributed by atoms with van der Waals surface area (Å²) in [5, 5.41) is 3.31. The third-order valence-electron chi connectivity index (χ3n) is 3.73. The Kier molecular flexibility index (Phi) is 3.65. The van der Waals surface area contributed by atoms with Crippen LogP contribution in [-0.4, -0.2) is 12.0 Å². The van der Waals surface area contributed by atoms with E-state index in [2.05, 4.69) is 16.4 Å². The van der Waals surface area contributed by atoms with Crippen LogP contribution in [0.5, 0.6) is 5.75 Å². The van der Waals surface area contributed by atoms with Gasteiger partial charge in [-0.3, -0.25) is 4.98 Å². The molecule has 1 heterocycles. The van der Waals surface area contributed by atoms with Crippen molar-refractivity contribution in [2.75, 3.05) is 7.05 Å². The first-order valence-corrected chi connectivity index (χ1v) is 6.79. The lowest BCUT2D eigenvalue weighted by atomic mass is 10.1. The number of halogens is 1. The maximum absolute atomic E-state index is 13.1. The number of pyridine rings is 1. The van der Waals surface area contributed by atoms with Gasteiger partial charge in [0.25, 0.3) is 0 Å². The van der Waals surface area contributed by atoms with Gasteiger partial charge in [0.1, 0.15) is 18.2 Å². The van der Waals surface area contributed by atoms with Gasteiger partial charge in [-0.15, -0.1) is 0 Å². The van der Waals surface area contributed by atoms with E-state index in [1.807, 2.05) is 19.2 Å². The van der Waals surface area contributed by atoms with Crippen molar-refractivity contribution in [3.63, 3.8) is 0 Å². The fraction of sp³-hybridized carbons (Fsp3) is 0.312. The molecule has 1 unspecified atom stereocenters. The number of hydrogen-bond acceptors (Lipinski definition) is 3. The van der Waals surface area contributed by atoms with Gasteiger partial charge in [-0.2, -0.15) is 0 Å². The van der Waals surface area contributed by atoms with Crippen LogP contribution in [0.25, 0.3) is 0 Å². The van der Waals surface area contributed by atoms with E-state index in [1.54, 1.807) is 6.20 Å². The van der Waals surface area contributed by atoms with Gasteiger partial charge in [-0.1, -0.05) is 12.1 Å². The maximum atomic E-state index is 13.1. The Labute approximate surface area is 117 Å². The number of rotatable bonds is 4. The van der Waals surface area contributed by atoms with Crippen LogP contribution in [0.2, 0.25) is 0 Å². The van der Waals surface area contributed by atoms with Crippen LogP contribution >= 0.6 is 0 Å². The third-order valence-corrected chi connectivity index (χ3v) is 3.73. The number of fused-ring (bicyclic) bond motifs is 1. The van der Waals surface area contributed by atoms with Gasteiger partial charge in [-0.25, -0.2) is 4.39 Å². The van der Waals surface area contributed by atoms with Crippen molar-refractivity contribution in [1.29, 1.82) is 0 Å². The van der Waals surface area contributed by atoms with Crippen LogP contribution in [0.4, 0.5) is 4.39 Å². The quantitative estimate of drug-likeness (QED) is 0.929. The van der Waals surface area contributed by atoms with Crippen molar-refractivity contribution in [3.8, 4) is 5.75 Å². The molecular weight excluding hydrogens is 255 g/mol. The van der Waals surface area contributed by atoms with Gasteiger partial charge < -0.3 is 10.1 Å². The highest BCUT2D eigenvalue weighted by Crippen LogP contribution is 2.36. The minimum absolute atomic E-state index is 0.334. The monoisotopic (exact) mass is 272 g/mol. The lowest BCUT2D eigenvalue weighted by Crippen LogP contribution is -2.12. The van der Waals surface area contributed by atoms with Gasteiger partial charge in [0.05, 0.1) is 6.20 Å². The average molecular weight is 272 g/mol. The van der Waals surface area contributed by atoms with E-state index >= 15 is 0 Å². The molecule has 1 N–H and O–H groups in total. The molecule has 0 saturated carbocycles. The number of hydrogen-bond donors (Lipinski definition) is 1. The summed E-state index contributed by atoms with van der Waals surface area (Å²) in [6.45, 7) is 0.339. The van der Waals surface area contributed by atoms with Gasteiger partial charge >= 0.3 is 0 Å². The predicted molar refractivity (Wildman–Crippen MR) is 75.1 cm³/mol. The fourth-order valence-electron chi connectivity index (χ4n) is 2.75. The second-order valence-corrected chi connectivity index (χ2v) is 5.00. The highest BCUT2D eigenvalue weighted by molar-refractivity contribution is 5.45. The summed E-state index contributed by atoms with van der Waals surface area (Å²) in [5.41, 5.74) is 3.31. The van der Waals surface area contributed by atoms with E-state index in [-0.39, 0.29) is 5.82 Å². The van der Waals surface area contributed by atoms with Crippen molar-refractivity contribution in [2.45, 2.75) is 25.5 Å². The lowest BCUT2D eigenvalue weighted by molar-refractivity contribution is 0.302. The standard InChI is InChI=1S/C16H17FN2O/c1-18-15-6-5-14-13(15)3-2-4-16(14)20-10-11-7-12(17)9-19-8-11/h2-4,7-9,15,18H,5-6,10H2,1H3. The van der Waals surface area contributed by atoms with E-state index < -0.39 is 0 Å². The van der Waals surface area contributed by atoms with Gasteiger partial charge in [-0.05, 0) is 43.1 Å². The van der Waals surface area contributed by atoms with E-state index in [1.165, 1.54) is 23.4 Å². The van der Waals surface area contributed by atoms with Crippen LogP contribution in [0, 0.1) is 5.82 Å². The molecule has 1 aliphatic carbocycles.